The highest BCUT2D eigenvalue weighted by molar-refractivity contribution is 6.37. The summed E-state index contributed by atoms with van der Waals surface area (Å²) in [5.74, 6) is -1.20. The lowest BCUT2D eigenvalue weighted by Gasteiger charge is -2.09. The summed E-state index contributed by atoms with van der Waals surface area (Å²) in [6, 6.07) is 5.07. The first-order valence-electron chi connectivity index (χ1n) is 7.22. The molecule has 0 spiro atoms. The molecule has 136 valence electrons. The molecule has 0 saturated carbocycles. The van der Waals surface area contributed by atoms with Crippen molar-refractivity contribution in [2.24, 2.45) is 5.73 Å². The second-order valence-electron chi connectivity index (χ2n) is 5.08. The Labute approximate surface area is 158 Å². The van der Waals surface area contributed by atoms with Gasteiger partial charge in [0.1, 0.15) is 0 Å². The van der Waals surface area contributed by atoms with E-state index in [1.807, 2.05) is 0 Å². The zero-order valence-corrected chi connectivity index (χ0v) is 15.0. The number of carbonyl (C=O) groups is 3. The van der Waals surface area contributed by atoms with Gasteiger partial charge < -0.3 is 21.1 Å². The summed E-state index contributed by atoms with van der Waals surface area (Å²) in [6.45, 7) is 1.15. The van der Waals surface area contributed by atoms with Crippen molar-refractivity contribution in [2.45, 2.75) is 6.92 Å². The molecule has 4 N–H and O–H groups in total. The third-order valence-electron chi connectivity index (χ3n) is 3.18. The fraction of sp³-hybridized carbons (Fsp3) is 0.125. The summed E-state index contributed by atoms with van der Waals surface area (Å²) < 4.78 is 4.92. The first-order chi connectivity index (χ1) is 12.3. The van der Waals surface area contributed by atoms with E-state index in [1.165, 1.54) is 30.5 Å². The summed E-state index contributed by atoms with van der Waals surface area (Å²) >= 11 is 11.9. The zero-order chi connectivity index (χ0) is 19.3. The normalized spacial score (nSPS) is 10.1. The van der Waals surface area contributed by atoms with Crippen molar-refractivity contribution in [3.05, 3.63) is 51.6 Å². The van der Waals surface area contributed by atoms with E-state index in [9.17, 15) is 14.4 Å². The van der Waals surface area contributed by atoms with Gasteiger partial charge in [-0.3, -0.25) is 4.79 Å². The molecule has 3 amide bonds. The highest BCUT2D eigenvalue weighted by Gasteiger charge is 2.14. The number of nitrogens with one attached hydrogen (secondary N) is 2. The molecular weight excluding hydrogens is 383 g/mol. The number of hydrogen-bond donors (Lipinski definition) is 3. The lowest BCUT2D eigenvalue weighted by Crippen LogP contribution is -2.22. The molecule has 2 rings (SSSR count). The van der Waals surface area contributed by atoms with E-state index in [0.717, 1.165) is 0 Å². The van der Waals surface area contributed by atoms with Gasteiger partial charge in [-0.15, -0.1) is 0 Å². The van der Waals surface area contributed by atoms with Crippen molar-refractivity contribution in [1.29, 1.82) is 0 Å². The number of ether oxygens (including phenoxy) is 1. The van der Waals surface area contributed by atoms with Crippen LogP contribution in [0, 0.1) is 6.92 Å². The molecular formula is C16H14Cl2N4O4. The average molecular weight is 397 g/mol. The number of rotatable bonds is 5. The van der Waals surface area contributed by atoms with Crippen molar-refractivity contribution < 1.29 is 19.1 Å². The first-order valence-corrected chi connectivity index (χ1v) is 7.97. The van der Waals surface area contributed by atoms with Crippen molar-refractivity contribution in [2.75, 3.05) is 17.2 Å². The zero-order valence-electron chi connectivity index (χ0n) is 13.5. The topological polar surface area (TPSA) is 123 Å². The Morgan fingerprint density at radius 3 is 2.42 bits per heavy atom. The minimum Gasteiger partial charge on any atom is -0.452 e. The molecule has 0 saturated heterocycles. The third kappa shape index (κ3) is 5.08. The van der Waals surface area contributed by atoms with Crippen LogP contribution in [-0.2, 0) is 9.53 Å². The number of halogens is 2. The van der Waals surface area contributed by atoms with E-state index in [2.05, 4.69) is 15.6 Å². The van der Waals surface area contributed by atoms with Gasteiger partial charge in [-0.05, 0) is 36.8 Å². The van der Waals surface area contributed by atoms with Crippen LogP contribution >= 0.6 is 23.2 Å². The SMILES string of the molecule is Cc1c(Cl)cnc(NC(=O)COC(=O)c2ccc(NC(N)=O)cc2)c1Cl. The fourth-order valence-electron chi connectivity index (χ4n) is 1.86. The molecule has 1 heterocycles. The second-order valence-corrected chi connectivity index (χ2v) is 5.87. The Morgan fingerprint density at radius 2 is 1.81 bits per heavy atom. The third-order valence-corrected chi connectivity index (χ3v) is 4.03. The summed E-state index contributed by atoms with van der Waals surface area (Å²) in [4.78, 5) is 38.5. The molecule has 0 aliphatic carbocycles. The van der Waals surface area contributed by atoms with Gasteiger partial charge in [0.15, 0.2) is 12.4 Å². The summed E-state index contributed by atoms with van der Waals surface area (Å²) in [6.07, 6.45) is 1.35. The average Bonchev–Trinajstić information content (AvgIpc) is 2.60. The van der Waals surface area contributed by atoms with Crippen molar-refractivity contribution in [1.82, 2.24) is 4.98 Å². The Hall–Kier alpha value is -2.84. The van der Waals surface area contributed by atoms with Crippen LogP contribution in [0.2, 0.25) is 10.0 Å². The molecule has 10 heteroatoms. The number of anilines is 2. The van der Waals surface area contributed by atoms with Crippen LogP contribution in [0.25, 0.3) is 0 Å². The van der Waals surface area contributed by atoms with Crippen LogP contribution in [0.3, 0.4) is 0 Å². The Balaban J connectivity index is 1.91. The molecule has 0 fully saturated rings. The minimum absolute atomic E-state index is 0.122. The number of carbonyl (C=O) groups excluding carboxylic acids is 3. The van der Waals surface area contributed by atoms with Gasteiger partial charge in [0.25, 0.3) is 5.91 Å². The number of hydrogen-bond acceptors (Lipinski definition) is 5. The van der Waals surface area contributed by atoms with Crippen LogP contribution in [0.4, 0.5) is 16.3 Å². The second kappa shape index (κ2) is 8.50. The number of primary amides is 1. The van der Waals surface area contributed by atoms with Crippen LogP contribution in [0.5, 0.6) is 0 Å². The number of pyridine rings is 1. The van der Waals surface area contributed by atoms with Gasteiger partial charge in [0, 0.05) is 11.9 Å². The first kappa shape index (κ1) is 19.5. The van der Waals surface area contributed by atoms with E-state index < -0.39 is 24.5 Å². The Kier molecular flexibility index (Phi) is 6.37. The largest absolute Gasteiger partial charge is 0.452 e. The molecule has 0 bridgehead atoms. The van der Waals surface area contributed by atoms with Gasteiger partial charge >= 0.3 is 12.0 Å². The maximum absolute atomic E-state index is 11.9. The quantitative estimate of drug-likeness (QED) is 0.670. The lowest BCUT2D eigenvalue weighted by molar-refractivity contribution is -0.119. The number of urea groups is 1. The fourth-order valence-corrected chi connectivity index (χ4v) is 2.25. The van der Waals surface area contributed by atoms with Crippen LogP contribution in [-0.4, -0.2) is 29.5 Å². The van der Waals surface area contributed by atoms with Crippen LogP contribution in [0.1, 0.15) is 15.9 Å². The number of aromatic nitrogens is 1. The smallest absolute Gasteiger partial charge is 0.338 e. The summed E-state index contributed by atoms with van der Waals surface area (Å²) in [5, 5.41) is 5.37. The van der Waals surface area contributed by atoms with Crippen molar-refractivity contribution in [3.8, 4) is 0 Å². The maximum Gasteiger partial charge on any atom is 0.338 e. The predicted molar refractivity (Wildman–Crippen MR) is 97.6 cm³/mol. The van der Waals surface area contributed by atoms with Crippen molar-refractivity contribution in [3.63, 3.8) is 0 Å². The lowest BCUT2D eigenvalue weighted by atomic mass is 10.2. The molecule has 1 aromatic carbocycles. The van der Waals surface area contributed by atoms with E-state index in [1.54, 1.807) is 6.92 Å². The number of amides is 3. The van der Waals surface area contributed by atoms with E-state index in [-0.39, 0.29) is 16.4 Å². The molecule has 8 nitrogen and oxygen atoms in total. The Morgan fingerprint density at radius 1 is 1.15 bits per heavy atom. The maximum atomic E-state index is 11.9. The highest BCUT2D eigenvalue weighted by atomic mass is 35.5. The molecule has 1 aromatic heterocycles. The number of benzene rings is 1. The van der Waals surface area contributed by atoms with Gasteiger partial charge in [-0.2, -0.15) is 0 Å². The highest BCUT2D eigenvalue weighted by Crippen LogP contribution is 2.28. The molecule has 26 heavy (non-hydrogen) atoms. The van der Waals surface area contributed by atoms with Crippen molar-refractivity contribution >= 4 is 52.6 Å². The molecule has 0 atom stereocenters. The van der Waals surface area contributed by atoms with E-state index in [0.29, 0.717) is 16.3 Å². The Bertz CT molecular complexity index is 856. The molecule has 2 aromatic rings. The predicted octanol–water partition coefficient (Wildman–Crippen LogP) is 2.98. The van der Waals surface area contributed by atoms with E-state index >= 15 is 0 Å². The van der Waals surface area contributed by atoms with E-state index in [4.69, 9.17) is 33.7 Å². The molecule has 0 aliphatic heterocycles. The van der Waals surface area contributed by atoms with Gasteiger partial charge in [0.2, 0.25) is 0 Å². The van der Waals surface area contributed by atoms with Gasteiger partial charge in [-0.1, -0.05) is 23.2 Å². The summed E-state index contributed by atoms with van der Waals surface area (Å²) in [7, 11) is 0. The minimum atomic E-state index is -0.721. The summed E-state index contributed by atoms with van der Waals surface area (Å²) in [5.41, 5.74) is 6.18. The monoisotopic (exact) mass is 396 g/mol. The molecule has 0 aliphatic rings. The standard InChI is InChI=1S/C16H14Cl2N4O4/c1-8-11(17)6-20-14(13(8)18)22-12(23)7-26-15(24)9-2-4-10(5-3-9)21-16(19)25/h2-6H,7H2,1H3,(H3,19,21,25)(H,20,22,23). The number of nitrogens with two attached hydrogens (primary N) is 1. The van der Waals surface area contributed by atoms with Gasteiger partial charge in [-0.25, -0.2) is 14.6 Å². The van der Waals surface area contributed by atoms with Crippen LogP contribution in [0.15, 0.2) is 30.5 Å². The van der Waals surface area contributed by atoms with Gasteiger partial charge in [0.05, 0.1) is 15.6 Å². The molecule has 0 unspecified atom stereocenters. The number of esters is 1. The molecule has 0 radical (unpaired) electrons. The van der Waals surface area contributed by atoms with Crippen LogP contribution < -0.4 is 16.4 Å². The number of nitrogens with zero attached hydrogens (tertiary/aromatic N) is 1.